The van der Waals surface area contributed by atoms with Gasteiger partial charge in [0.2, 0.25) is 0 Å². The maximum Gasteiger partial charge on any atom is 0.0558 e. The van der Waals surface area contributed by atoms with E-state index in [1.165, 1.54) is 0 Å². The molecule has 0 bridgehead atoms. The van der Waals surface area contributed by atoms with Gasteiger partial charge < -0.3 is 10.0 Å². The van der Waals surface area contributed by atoms with Crippen LogP contribution in [0.5, 0.6) is 0 Å². The van der Waals surface area contributed by atoms with Crippen LogP contribution in [0, 0.1) is 7.05 Å². The van der Waals surface area contributed by atoms with Crippen molar-refractivity contribution in [2.75, 3.05) is 19.7 Å². The van der Waals surface area contributed by atoms with Crippen LogP contribution in [-0.2, 0) is 0 Å². The highest BCUT2D eigenvalue weighted by molar-refractivity contribution is 4.47. The lowest BCUT2D eigenvalue weighted by Crippen LogP contribution is -2.18. The molecule has 7 heavy (non-hydrogen) atoms. The first-order chi connectivity index (χ1) is 3.31. The number of aliphatic hydroxyl groups is 1. The molecule has 43 valence electrons. The average molecular weight is 102 g/mol. The topological polar surface area (TPSA) is 23.5 Å². The highest BCUT2D eigenvalue weighted by Gasteiger charge is 1.87. The summed E-state index contributed by atoms with van der Waals surface area (Å²) >= 11 is 0. The van der Waals surface area contributed by atoms with Gasteiger partial charge in [0.15, 0.2) is 0 Å². The average Bonchev–Trinajstić information content (AvgIpc) is 1.68. The number of rotatable bonds is 3. The molecule has 0 unspecified atom stereocenters. The Morgan fingerprint density at radius 3 is 2.43 bits per heavy atom. The van der Waals surface area contributed by atoms with Crippen LogP contribution >= 0.6 is 0 Å². The molecule has 0 heterocycles. The van der Waals surface area contributed by atoms with E-state index in [1.807, 2.05) is 6.92 Å². The molecule has 0 aromatic rings. The van der Waals surface area contributed by atoms with E-state index in [0.29, 0.717) is 6.54 Å². The van der Waals surface area contributed by atoms with Gasteiger partial charge in [0, 0.05) is 13.6 Å². The van der Waals surface area contributed by atoms with E-state index in [9.17, 15) is 0 Å². The summed E-state index contributed by atoms with van der Waals surface area (Å²) < 4.78 is 0. The zero-order chi connectivity index (χ0) is 5.70. The molecule has 0 saturated heterocycles. The molecular formula is C5H12NO. The summed E-state index contributed by atoms with van der Waals surface area (Å²) in [4.78, 5) is 1.81. The van der Waals surface area contributed by atoms with Gasteiger partial charge >= 0.3 is 0 Å². The van der Waals surface area contributed by atoms with Crippen molar-refractivity contribution in [3.8, 4) is 0 Å². The molecule has 0 aliphatic carbocycles. The molecule has 0 fully saturated rings. The fourth-order valence-corrected chi connectivity index (χ4v) is 0.300. The predicted octanol–water partition coefficient (Wildman–Crippen LogP) is 0.0922. The second kappa shape index (κ2) is 4.09. The van der Waals surface area contributed by atoms with Crippen molar-refractivity contribution in [1.29, 1.82) is 0 Å². The van der Waals surface area contributed by atoms with E-state index in [2.05, 4.69) is 7.05 Å². The smallest absolute Gasteiger partial charge is 0.0558 e. The van der Waals surface area contributed by atoms with Crippen molar-refractivity contribution in [2.24, 2.45) is 0 Å². The summed E-state index contributed by atoms with van der Waals surface area (Å²) in [6.45, 7) is 3.79. The van der Waals surface area contributed by atoms with Crippen LogP contribution in [0.25, 0.3) is 0 Å². The van der Waals surface area contributed by atoms with E-state index in [1.54, 1.807) is 4.90 Å². The molecule has 0 rings (SSSR count). The molecule has 0 saturated carbocycles. The largest absolute Gasteiger partial charge is 0.395 e. The minimum atomic E-state index is 0.206. The summed E-state index contributed by atoms with van der Waals surface area (Å²) in [7, 11) is 3.62. The maximum atomic E-state index is 8.29. The molecule has 0 amide bonds. The van der Waals surface area contributed by atoms with Gasteiger partial charge in [-0.3, -0.25) is 0 Å². The SMILES string of the molecule is [CH2]N(CC)CCO. The van der Waals surface area contributed by atoms with Gasteiger partial charge in [-0.15, -0.1) is 0 Å². The quantitative estimate of drug-likeness (QED) is 0.546. The van der Waals surface area contributed by atoms with Gasteiger partial charge in [-0.1, -0.05) is 6.92 Å². The first-order valence-electron chi connectivity index (χ1n) is 2.47. The summed E-state index contributed by atoms with van der Waals surface area (Å²) in [6, 6.07) is 0. The van der Waals surface area contributed by atoms with E-state index >= 15 is 0 Å². The Balaban J connectivity index is 2.83. The van der Waals surface area contributed by atoms with Crippen molar-refractivity contribution in [3.05, 3.63) is 7.05 Å². The Kier molecular flexibility index (Phi) is 4.04. The van der Waals surface area contributed by atoms with Crippen molar-refractivity contribution in [1.82, 2.24) is 4.90 Å². The Morgan fingerprint density at radius 1 is 1.71 bits per heavy atom. The minimum Gasteiger partial charge on any atom is -0.395 e. The second-order valence-corrected chi connectivity index (χ2v) is 1.43. The third-order valence-electron chi connectivity index (χ3n) is 0.863. The molecule has 0 atom stereocenters. The lowest BCUT2D eigenvalue weighted by Gasteiger charge is -2.09. The highest BCUT2D eigenvalue weighted by Crippen LogP contribution is 1.78. The predicted molar refractivity (Wildman–Crippen MR) is 29.7 cm³/mol. The van der Waals surface area contributed by atoms with Crippen molar-refractivity contribution in [2.45, 2.75) is 6.92 Å². The second-order valence-electron chi connectivity index (χ2n) is 1.43. The molecule has 2 heteroatoms. The van der Waals surface area contributed by atoms with Crippen LogP contribution in [0.3, 0.4) is 0 Å². The normalized spacial score (nSPS) is 10.3. The number of aliphatic hydroxyl groups excluding tert-OH is 1. The van der Waals surface area contributed by atoms with Gasteiger partial charge in [0.1, 0.15) is 0 Å². The van der Waals surface area contributed by atoms with Crippen LogP contribution in [0.1, 0.15) is 6.92 Å². The van der Waals surface area contributed by atoms with Gasteiger partial charge in [-0.05, 0) is 6.54 Å². The minimum absolute atomic E-state index is 0.206. The number of nitrogens with zero attached hydrogens (tertiary/aromatic N) is 1. The number of hydrogen-bond acceptors (Lipinski definition) is 2. The van der Waals surface area contributed by atoms with E-state index in [-0.39, 0.29) is 6.61 Å². The maximum absolute atomic E-state index is 8.29. The monoisotopic (exact) mass is 102 g/mol. The van der Waals surface area contributed by atoms with Crippen LogP contribution < -0.4 is 0 Å². The summed E-state index contributed by atoms with van der Waals surface area (Å²) in [5.41, 5.74) is 0. The lowest BCUT2D eigenvalue weighted by molar-refractivity contribution is 0.239. The van der Waals surface area contributed by atoms with Crippen LogP contribution in [0.4, 0.5) is 0 Å². The standard InChI is InChI=1S/C5H12NO/c1-3-6(2)4-5-7/h7H,2-5H2,1H3. The first-order valence-corrected chi connectivity index (χ1v) is 2.47. The van der Waals surface area contributed by atoms with Gasteiger partial charge in [-0.2, -0.15) is 0 Å². The number of hydrogen-bond donors (Lipinski definition) is 1. The summed E-state index contributed by atoms with van der Waals surface area (Å²) in [6.07, 6.45) is 0. The summed E-state index contributed by atoms with van der Waals surface area (Å²) in [5.74, 6) is 0. The Labute approximate surface area is 44.8 Å². The number of likely N-dealkylation sites (N-methyl/N-ethyl adjacent to an activating group) is 1. The molecular weight excluding hydrogens is 90.1 g/mol. The fraction of sp³-hybridized carbons (Fsp3) is 0.800. The Morgan fingerprint density at radius 2 is 2.29 bits per heavy atom. The van der Waals surface area contributed by atoms with Gasteiger partial charge in [0.05, 0.1) is 6.61 Å². The van der Waals surface area contributed by atoms with E-state index in [0.717, 1.165) is 6.54 Å². The highest BCUT2D eigenvalue weighted by atomic mass is 16.3. The molecule has 0 aliphatic rings. The van der Waals surface area contributed by atoms with Crippen molar-refractivity contribution < 1.29 is 5.11 Å². The van der Waals surface area contributed by atoms with Crippen molar-refractivity contribution in [3.63, 3.8) is 0 Å². The first kappa shape index (κ1) is 6.92. The fourth-order valence-electron chi connectivity index (χ4n) is 0.300. The van der Waals surface area contributed by atoms with Crippen LogP contribution in [-0.4, -0.2) is 29.7 Å². The van der Waals surface area contributed by atoms with Crippen molar-refractivity contribution >= 4 is 0 Å². The molecule has 1 radical (unpaired) electrons. The third kappa shape index (κ3) is 3.76. The molecule has 0 spiro atoms. The van der Waals surface area contributed by atoms with E-state index in [4.69, 9.17) is 5.11 Å². The van der Waals surface area contributed by atoms with Gasteiger partial charge in [0.25, 0.3) is 0 Å². The molecule has 2 nitrogen and oxygen atoms in total. The Hall–Kier alpha value is -0.0800. The zero-order valence-corrected chi connectivity index (χ0v) is 4.72. The van der Waals surface area contributed by atoms with Crippen LogP contribution in [0.15, 0.2) is 0 Å². The molecule has 0 aromatic carbocycles. The summed E-state index contributed by atoms with van der Waals surface area (Å²) in [5, 5.41) is 8.29. The van der Waals surface area contributed by atoms with Crippen LogP contribution in [0.2, 0.25) is 0 Å². The Bertz CT molecular complexity index is 39.1. The van der Waals surface area contributed by atoms with E-state index < -0.39 is 0 Å². The molecule has 0 aromatic heterocycles. The van der Waals surface area contributed by atoms with Gasteiger partial charge in [-0.25, -0.2) is 0 Å². The third-order valence-corrected chi connectivity index (χ3v) is 0.863. The zero-order valence-electron chi connectivity index (χ0n) is 4.72. The lowest BCUT2D eigenvalue weighted by atomic mass is 10.6. The molecule has 1 N–H and O–H groups in total. The molecule has 0 aliphatic heterocycles.